The van der Waals surface area contributed by atoms with Crippen LogP contribution in [0, 0.1) is 17.3 Å². The Bertz CT molecular complexity index is 678. The molecule has 0 radical (unpaired) electrons. The first-order chi connectivity index (χ1) is 12.0. The SMILES string of the molecule is C=C1C(=O)OC2C1C(OC(=O)C(C)=CC)CC1(C)C(O)CCC(C)(O)C21. The Labute approximate surface area is 153 Å². The highest BCUT2D eigenvalue weighted by Gasteiger charge is 2.66. The molecule has 1 saturated heterocycles. The summed E-state index contributed by atoms with van der Waals surface area (Å²) in [5, 5.41) is 21.7. The highest BCUT2D eigenvalue weighted by atomic mass is 16.6. The van der Waals surface area contributed by atoms with E-state index in [-0.39, 0.29) is 5.57 Å². The maximum absolute atomic E-state index is 12.3. The molecule has 0 aromatic carbocycles. The zero-order valence-corrected chi connectivity index (χ0v) is 15.8. The van der Waals surface area contributed by atoms with E-state index in [9.17, 15) is 19.8 Å². The Balaban J connectivity index is 2.02. The van der Waals surface area contributed by atoms with Crippen LogP contribution in [0.25, 0.3) is 0 Å². The number of hydrogen-bond acceptors (Lipinski definition) is 6. The van der Waals surface area contributed by atoms with Crippen molar-refractivity contribution in [3.8, 4) is 0 Å². The molecule has 1 aliphatic heterocycles. The van der Waals surface area contributed by atoms with Crippen molar-refractivity contribution in [2.75, 3.05) is 0 Å². The molecule has 2 N–H and O–H groups in total. The van der Waals surface area contributed by atoms with Crippen LogP contribution in [0.4, 0.5) is 0 Å². The number of ether oxygens (including phenoxy) is 2. The molecule has 0 amide bonds. The molecular weight excluding hydrogens is 336 g/mol. The minimum absolute atomic E-state index is 0.267. The zero-order valence-electron chi connectivity index (χ0n) is 15.8. The Hall–Kier alpha value is -1.66. The first kappa shape index (κ1) is 19.1. The van der Waals surface area contributed by atoms with Crippen molar-refractivity contribution in [1.29, 1.82) is 0 Å². The van der Waals surface area contributed by atoms with Crippen LogP contribution >= 0.6 is 0 Å². The Kier molecular flexibility index (Phi) is 4.56. The maximum Gasteiger partial charge on any atom is 0.334 e. The predicted octanol–water partition coefficient (Wildman–Crippen LogP) is 1.89. The number of aliphatic hydroxyl groups is 2. The molecule has 6 nitrogen and oxygen atoms in total. The molecule has 26 heavy (non-hydrogen) atoms. The fraction of sp³-hybridized carbons (Fsp3) is 0.700. The molecule has 6 heteroatoms. The van der Waals surface area contributed by atoms with Gasteiger partial charge in [0.05, 0.1) is 17.6 Å². The van der Waals surface area contributed by atoms with E-state index >= 15 is 0 Å². The van der Waals surface area contributed by atoms with Gasteiger partial charge in [-0.25, -0.2) is 9.59 Å². The van der Waals surface area contributed by atoms with Gasteiger partial charge in [0.15, 0.2) is 0 Å². The number of carbonyl (C=O) groups is 2. The van der Waals surface area contributed by atoms with Crippen LogP contribution in [0.2, 0.25) is 0 Å². The third-order valence-electron chi connectivity index (χ3n) is 6.71. The lowest BCUT2D eigenvalue weighted by Crippen LogP contribution is -2.65. The van der Waals surface area contributed by atoms with Crippen molar-refractivity contribution in [3.63, 3.8) is 0 Å². The third kappa shape index (κ3) is 2.70. The molecule has 0 bridgehead atoms. The van der Waals surface area contributed by atoms with Gasteiger partial charge in [0.2, 0.25) is 0 Å². The molecule has 7 atom stereocenters. The van der Waals surface area contributed by atoms with Crippen LogP contribution in [0.3, 0.4) is 0 Å². The van der Waals surface area contributed by atoms with E-state index in [1.807, 2.05) is 6.92 Å². The minimum Gasteiger partial charge on any atom is -0.458 e. The van der Waals surface area contributed by atoms with E-state index < -0.39 is 53.1 Å². The average Bonchev–Trinajstić information content (AvgIpc) is 2.85. The van der Waals surface area contributed by atoms with Crippen LogP contribution in [-0.4, -0.2) is 46.1 Å². The molecule has 3 rings (SSSR count). The van der Waals surface area contributed by atoms with Crippen LogP contribution in [0.1, 0.15) is 47.0 Å². The highest BCUT2D eigenvalue weighted by Crippen LogP contribution is 2.59. The van der Waals surface area contributed by atoms with Crippen LogP contribution < -0.4 is 0 Å². The van der Waals surface area contributed by atoms with Gasteiger partial charge in [-0.3, -0.25) is 0 Å². The molecule has 0 aromatic rings. The topological polar surface area (TPSA) is 93.1 Å². The van der Waals surface area contributed by atoms with E-state index in [1.165, 1.54) is 0 Å². The summed E-state index contributed by atoms with van der Waals surface area (Å²) in [6.07, 6.45) is 0.899. The second-order valence-corrected chi connectivity index (χ2v) is 8.44. The summed E-state index contributed by atoms with van der Waals surface area (Å²) in [4.78, 5) is 24.6. The van der Waals surface area contributed by atoms with Gasteiger partial charge in [-0.2, -0.15) is 0 Å². The van der Waals surface area contributed by atoms with Crippen molar-refractivity contribution in [1.82, 2.24) is 0 Å². The molecule has 7 unspecified atom stereocenters. The van der Waals surface area contributed by atoms with Crippen LogP contribution in [0.15, 0.2) is 23.8 Å². The lowest BCUT2D eigenvalue weighted by atomic mass is 9.50. The number of aliphatic hydroxyl groups excluding tert-OH is 1. The molecule has 0 spiro atoms. The van der Waals surface area contributed by atoms with Crippen LogP contribution in [0.5, 0.6) is 0 Å². The molecule has 3 fully saturated rings. The Morgan fingerprint density at radius 3 is 2.69 bits per heavy atom. The predicted molar refractivity (Wildman–Crippen MR) is 93.9 cm³/mol. The smallest absolute Gasteiger partial charge is 0.334 e. The van der Waals surface area contributed by atoms with Gasteiger partial charge in [-0.05, 0) is 40.0 Å². The molecule has 2 saturated carbocycles. The van der Waals surface area contributed by atoms with Gasteiger partial charge in [0, 0.05) is 22.5 Å². The summed E-state index contributed by atoms with van der Waals surface area (Å²) in [6, 6.07) is 0. The van der Waals surface area contributed by atoms with E-state index in [2.05, 4.69) is 6.58 Å². The van der Waals surface area contributed by atoms with Gasteiger partial charge >= 0.3 is 11.9 Å². The van der Waals surface area contributed by atoms with Crippen molar-refractivity contribution in [3.05, 3.63) is 23.8 Å². The van der Waals surface area contributed by atoms with E-state index in [1.54, 1.807) is 26.8 Å². The van der Waals surface area contributed by atoms with Crippen molar-refractivity contribution >= 4 is 11.9 Å². The quantitative estimate of drug-likeness (QED) is 0.574. The Morgan fingerprint density at radius 2 is 2.08 bits per heavy atom. The second kappa shape index (κ2) is 6.20. The normalized spacial score (nSPS) is 45.6. The second-order valence-electron chi connectivity index (χ2n) is 8.44. The number of allylic oxidation sites excluding steroid dienone is 1. The van der Waals surface area contributed by atoms with Crippen LogP contribution in [-0.2, 0) is 19.1 Å². The standard InChI is InChI=1S/C20H28O6/c1-6-10(2)17(22)25-12-9-19(4)13(21)7-8-20(5,24)16(19)15-14(12)11(3)18(23)26-15/h6,12-16,21,24H,3,7-9H2,1-2,4-5H3. The summed E-state index contributed by atoms with van der Waals surface area (Å²) in [5.41, 5.74) is -1.08. The summed E-state index contributed by atoms with van der Waals surface area (Å²) in [7, 11) is 0. The molecule has 2 aliphatic carbocycles. The van der Waals surface area contributed by atoms with Gasteiger partial charge in [0.1, 0.15) is 12.2 Å². The zero-order chi connectivity index (χ0) is 19.4. The largest absolute Gasteiger partial charge is 0.458 e. The van der Waals surface area contributed by atoms with Crippen molar-refractivity contribution < 1.29 is 29.3 Å². The minimum atomic E-state index is -1.09. The third-order valence-corrected chi connectivity index (χ3v) is 6.71. The lowest BCUT2D eigenvalue weighted by molar-refractivity contribution is -0.231. The molecule has 0 aromatic heterocycles. The number of rotatable bonds is 2. The fourth-order valence-electron chi connectivity index (χ4n) is 5.17. The first-order valence-electron chi connectivity index (χ1n) is 9.17. The highest BCUT2D eigenvalue weighted by molar-refractivity contribution is 5.91. The van der Waals surface area contributed by atoms with E-state index in [0.29, 0.717) is 24.8 Å². The monoisotopic (exact) mass is 364 g/mol. The first-order valence-corrected chi connectivity index (χ1v) is 9.17. The van der Waals surface area contributed by atoms with Gasteiger partial charge in [-0.1, -0.05) is 19.6 Å². The molecule has 3 aliphatic rings. The summed E-state index contributed by atoms with van der Waals surface area (Å²) < 4.78 is 11.3. The van der Waals surface area contributed by atoms with E-state index in [4.69, 9.17) is 9.47 Å². The summed E-state index contributed by atoms with van der Waals surface area (Å²) >= 11 is 0. The average molecular weight is 364 g/mol. The van der Waals surface area contributed by atoms with Crippen molar-refractivity contribution in [2.45, 2.75) is 70.9 Å². The lowest BCUT2D eigenvalue weighted by Gasteiger charge is -2.58. The summed E-state index contributed by atoms with van der Waals surface area (Å²) in [6.45, 7) is 10.9. The van der Waals surface area contributed by atoms with Gasteiger partial charge in [-0.15, -0.1) is 0 Å². The number of carbonyl (C=O) groups excluding carboxylic acids is 2. The number of fused-ring (bicyclic) bond motifs is 3. The molecule has 144 valence electrons. The number of hydrogen-bond donors (Lipinski definition) is 2. The number of esters is 2. The Morgan fingerprint density at radius 1 is 1.42 bits per heavy atom. The van der Waals surface area contributed by atoms with Gasteiger partial charge < -0.3 is 19.7 Å². The van der Waals surface area contributed by atoms with E-state index in [0.717, 1.165) is 0 Å². The molecular formula is C20H28O6. The maximum atomic E-state index is 12.3. The van der Waals surface area contributed by atoms with Crippen molar-refractivity contribution in [2.24, 2.45) is 17.3 Å². The van der Waals surface area contributed by atoms with Gasteiger partial charge in [0.25, 0.3) is 0 Å². The molecule has 1 heterocycles. The summed E-state index contributed by atoms with van der Waals surface area (Å²) in [5.74, 6) is -1.94. The fourth-order valence-corrected chi connectivity index (χ4v) is 5.17.